The average molecular weight is 361 g/mol. The molecule has 0 aliphatic rings. The Morgan fingerprint density at radius 2 is 1.92 bits per heavy atom. The molecule has 26 heavy (non-hydrogen) atoms. The molecule has 0 saturated carbocycles. The summed E-state index contributed by atoms with van der Waals surface area (Å²) in [7, 11) is 0. The second kappa shape index (κ2) is 11.4. The Morgan fingerprint density at radius 1 is 1.23 bits per heavy atom. The molecule has 0 heterocycles. The second-order valence-electron chi connectivity index (χ2n) is 5.10. The minimum Gasteiger partial charge on any atom is -0.490 e. The molecule has 1 aromatic rings. The summed E-state index contributed by atoms with van der Waals surface area (Å²) in [5.41, 5.74) is 0.819. The Morgan fingerprint density at radius 3 is 2.54 bits per heavy atom. The predicted molar refractivity (Wildman–Crippen MR) is 94.8 cm³/mol. The van der Waals surface area contributed by atoms with Crippen molar-refractivity contribution in [1.82, 2.24) is 10.6 Å². The highest BCUT2D eigenvalue weighted by atomic mass is 16.5. The Hall–Kier alpha value is -3.21. The van der Waals surface area contributed by atoms with E-state index in [1.807, 2.05) is 32.0 Å². The van der Waals surface area contributed by atoms with Crippen LogP contribution in [0.5, 0.6) is 11.5 Å². The van der Waals surface area contributed by atoms with Crippen LogP contribution in [-0.4, -0.2) is 43.3 Å². The van der Waals surface area contributed by atoms with Crippen LogP contribution in [0.15, 0.2) is 30.0 Å². The van der Waals surface area contributed by atoms with Crippen molar-refractivity contribution >= 4 is 11.9 Å². The first kappa shape index (κ1) is 20.8. The maximum absolute atomic E-state index is 11.6. The molecule has 0 aliphatic heterocycles. The van der Waals surface area contributed by atoms with Crippen LogP contribution < -0.4 is 20.1 Å². The summed E-state index contributed by atoms with van der Waals surface area (Å²) in [6, 6.07) is 7.39. The quantitative estimate of drug-likeness (QED) is 0.308. The number of nitriles is 1. The van der Waals surface area contributed by atoms with E-state index in [4.69, 9.17) is 19.8 Å². The standard InChI is InChI=1S/C18H23N3O5/c1-3-25-15-6-5-13(9-16(15)26-4-2)7-8-20-11-14(10-19)18(24)21-12-17(22)23/h5-6,9,11,20H,3-4,7-8,12H2,1-2H3,(H,21,24)(H,22,23)/b14-11-. The molecule has 1 amide bonds. The lowest BCUT2D eigenvalue weighted by molar-refractivity contribution is -0.137. The Labute approximate surface area is 152 Å². The summed E-state index contributed by atoms with van der Waals surface area (Å²) in [6.07, 6.45) is 1.91. The van der Waals surface area contributed by atoms with Gasteiger partial charge in [-0.2, -0.15) is 5.26 Å². The van der Waals surface area contributed by atoms with Gasteiger partial charge in [-0.25, -0.2) is 0 Å². The Balaban J connectivity index is 2.60. The van der Waals surface area contributed by atoms with E-state index >= 15 is 0 Å². The number of nitrogens with one attached hydrogen (secondary N) is 2. The minimum absolute atomic E-state index is 0.187. The number of carboxylic acids is 1. The summed E-state index contributed by atoms with van der Waals surface area (Å²) in [4.78, 5) is 22.0. The highest BCUT2D eigenvalue weighted by Gasteiger charge is 2.10. The van der Waals surface area contributed by atoms with Crippen LogP contribution >= 0.6 is 0 Å². The highest BCUT2D eigenvalue weighted by Crippen LogP contribution is 2.28. The molecule has 3 N–H and O–H groups in total. The van der Waals surface area contributed by atoms with Gasteiger partial charge in [-0.15, -0.1) is 0 Å². The molecule has 0 aliphatic carbocycles. The molecule has 0 spiro atoms. The first-order valence-corrected chi connectivity index (χ1v) is 8.23. The van der Waals surface area contributed by atoms with E-state index < -0.39 is 18.4 Å². The summed E-state index contributed by atoms with van der Waals surface area (Å²) >= 11 is 0. The van der Waals surface area contributed by atoms with Crippen molar-refractivity contribution in [2.24, 2.45) is 0 Å². The first-order chi connectivity index (χ1) is 12.5. The van der Waals surface area contributed by atoms with Gasteiger partial charge in [-0.05, 0) is 38.0 Å². The third-order valence-electron chi connectivity index (χ3n) is 3.18. The third-order valence-corrected chi connectivity index (χ3v) is 3.18. The number of nitrogens with zero attached hydrogens (tertiary/aromatic N) is 1. The normalized spacial score (nSPS) is 10.6. The summed E-state index contributed by atoms with van der Waals surface area (Å²) in [5, 5.41) is 22.5. The predicted octanol–water partition coefficient (Wildman–Crippen LogP) is 1.22. The van der Waals surface area contributed by atoms with Crippen LogP contribution in [0.3, 0.4) is 0 Å². The highest BCUT2D eigenvalue weighted by molar-refractivity contribution is 5.98. The number of carboxylic acid groups (broad SMARTS) is 1. The number of amides is 1. The van der Waals surface area contributed by atoms with E-state index in [1.165, 1.54) is 6.20 Å². The SMILES string of the molecule is CCOc1ccc(CCN/C=C(/C#N)C(=O)NCC(=O)O)cc1OCC. The van der Waals surface area contributed by atoms with Gasteiger partial charge in [-0.3, -0.25) is 9.59 Å². The molecule has 0 aromatic heterocycles. The molecule has 0 bridgehead atoms. The van der Waals surface area contributed by atoms with Gasteiger partial charge in [0.15, 0.2) is 11.5 Å². The number of aliphatic carboxylic acids is 1. The van der Waals surface area contributed by atoms with Gasteiger partial charge in [0.2, 0.25) is 0 Å². The number of carbonyl (C=O) groups is 2. The van der Waals surface area contributed by atoms with Crippen LogP contribution in [0.4, 0.5) is 0 Å². The van der Waals surface area contributed by atoms with Gasteiger partial charge in [0, 0.05) is 12.7 Å². The van der Waals surface area contributed by atoms with E-state index in [9.17, 15) is 9.59 Å². The lowest BCUT2D eigenvalue weighted by Gasteiger charge is -2.12. The van der Waals surface area contributed by atoms with E-state index in [-0.39, 0.29) is 5.57 Å². The monoisotopic (exact) mass is 361 g/mol. The fourth-order valence-electron chi connectivity index (χ4n) is 2.04. The van der Waals surface area contributed by atoms with Crippen molar-refractivity contribution in [3.8, 4) is 17.6 Å². The van der Waals surface area contributed by atoms with Crippen molar-refractivity contribution in [3.05, 3.63) is 35.5 Å². The van der Waals surface area contributed by atoms with E-state index in [1.54, 1.807) is 6.07 Å². The molecule has 0 unspecified atom stereocenters. The zero-order chi connectivity index (χ0) is 19.4. The smallest absolute Gasteiger partial charge is 0.322 e. The maximum atomic E-state index is 11.6. The van der Waals surface area contributed by atoms with Gasteiger partial charge >= 0.3 is 5.97 Å². The molecule has 1 rings (SSSR count). The second-order valence-corrected chi connectivity index (χ2v) is 5.10. The molecular weight excluding hydrogens is 338 g/mol. The number of rotatable bonds is 11. The van der Waals surface area contributed by atoms with Crippen molar-refractivity contribution in [2.75, 3.05) is 26.3 Å². The summed E-state index contributed by atoms with van der Waals surface area (Å²) < 4.78 is 11.1. The van der Waals surface area contributed by atoms with Crippen molar-refractivity contribution < 1.29 is 24.2 Å². The third kappa shape index (κ3) is 7.13. The van der Waals surface area contributed by atoms with E-state index in [0.717, 1.165) is 5.56 Å². The minimum atomic E-state index is -1.18. The molecule has 8 heteroatoms. The van der Waals surface area contributed by atoms with Crippen molar-refractivity contribution in [1.29, 1.82) is 5.26 Å². The number of ether oxygens (including phenoxy) is 2. The Bertz CT molecular complexity index is 695. The average Bonchev–Trinajstić information content (AvgIpc) is 2.62. The number of hydrogen-bond acceptors (Lipinski definition) is 6. The molecule has 1 aromatic carbocycles. The largest absolute Gasteiger partial charge is 0.490 e. The van der Waals surface area contributed by atoms with Gasteiger partial charge < -0.3 is 25.2 Å². The van der Waals surface area contributed by atoms with Gasteiger partial charge in [0.05, 0.1) is 13.2 Å². The van der Waals surface area contributed by atoms with Crippen LogP contribution in [0.1, 0.15) is 19.4 Å². The van der Waals surface area contributed by atoms with Gasteiger partial charge in [-0.1, -0.05) is 6.07 Å². The molecule has 0 saturated heterocycles. The lowest BCUT2D eigenvalue weighted by atomic mass is 10.1. The van der Waals surface area contributed by atoms with Crippen molar-refractivity contribution in [2.45, 2.75) is 20.3 Å². The zero-order valence-corrected chi connectivity index (χ0v) is 14.9. The molecule has 0 radical (unpaired) electrons. The summed E-state index contributed by atoms with van der Waals surface area (Å²) in [6.45, 7) is 4.82. The van der Waals surface area contributed by atoms with Gasteiger partial charge in [0.25, 0.3) is 5.91 Å². The lowest BCUT2D eigenvalue weighted by Crippen LogP contribution is -2.30. The number of hydrogen-bond donors (Lipinski definition) is 3. The van der Waals surface area contributed by atoms with Crippen molar-refractivity contribution in [3.63, 3.8) is 0 Å². The van der Waals surface area contributed by atoms with Crippen LogP contribution in [0.25, 0.3) is 0 Å². The fourth-order valence-corrected chi connectivity index (χ4v) is 2.04. The van der Waals surface area contributed by atoms with Crippen LogP contribution in [-0.2, 0) is 16.0 Å². The van der Waals surface area contributed by atoms with Gasteiger partial charge in [0.1, 0.15) is 18.2 Å². The molecule has 0 atom stereocenters. The Kier molecular flexibility index (Phi) is 9.10. The van der Waals surface area contributed by atoms with E-state index in [0.29, 0.717) is 37.7 Å². The number of carbonyl (C=O) groups excluding carboxylic acids is 1. The molecular formula is C18H23N3O5. The van der Waals surface area contributed by atoms with E-state index in [2.05, 4.69) is 10.6 Å². The molecule has 8 nitrogen and oxygen atoms in total. The number of benzene rings is 1. The fraction of sp³-hybridized carbons (Fsp3) is 0.389. The maximum Gasteiger partial charge on any atom is 0.322 e. The molecule has 0 fully saturated rings. The first-order valence-electron chi connectivity index (χ1n) is 8.23. The zero-order valence-electron chi connectivity index (χ0n) is 14.9. The molecule has 140 valence electrons. The summed E-state index contributed by atoms with van der Waals surface area (Å²) in [5.74, 6) is -0.549. The van der Waals surface area contributed by atoms with Crippen LogP contribution in [0, 0.1) is 11.3 Å². The topological polar surface area (TPSA) is 121 Å². The van der Waals surface area contributed by atoms with Crippen LogP contribution in [0.2, 0.25) is 0 Å².